The number of anilines is 1. The molecule has 1 aromatic rings. The third kappa shape index (κ3) is 3.78. The first-order valence-corrected chi connectivity index (χ1v) is 9.85. The molecule has 1 aromatic carbocycles. The zero-order valence-corrected chi connectivity index (χ0v) is 14.6. The number of hydrogen-bond donors (Lipinski definition) is 2. The molecule has 0 radical (unpaired) electrons. The summed E-state index contributed by atoms with van der Waals surface area (Å²) >= 11 is 0. The van der Waals surface area contributed by atoms with Gasteiger partial charge in [0.2, 0.25) is 0 Å². The quantitative estimate of drug-likeness (QED) is 0.809. The largest absolute Gasteiger partial charge is 0.382 e. The Balaban J connectivity index is 1.96. The van der Waals surface area contributed by atoms with Crippen molar-refractivity contribution in [2.75, 3.05) is 5.32 Å². The SMILES string of the molecule is CC1=Cc2c(cc(NC3CCCC(C)C3)cc2S(=O)(=O)O)CC1. The lowest BCUT2D eigenvalue weighted by Gasteiger charge is -2.29. The van der Waals surface area contributed by atoms with Crippen molar-refractivity contribution in [2.24, 2.45) is 5.92 Å². The summed E-state index contributed by atoms with van der Waals surface area (Å²) in [5.41, 5.74) is 3.60. The monoisotopic (exact) mass is 335 g/mol. The molecule has 0 heterocycles. The Labute approximate surface area is 138 Å². The van der Waals surface area contributed by atoms with E-state index in [2.05, 4.69) is 12.2 Å². The second kappa shape index (κ2) is 6.29. The smallest absolute Gasteiger partial charge is 0.295 e. The fourth-order valence-electron chi connectivity index (χ4n) is 3.80. The van der Waals surface area contributed by atoms with Crippen molar-refractivity contribution in [3.05, 3.63) is 28.8 Å². The Kier molecular flexibility index (Phi) is 4.52. The van der Waals surface area contributed by atoms with Crippen LogP contribution in [-0.4, -0.2) is 19.0 Å². The number of benzene rings is 1. The fraction of sp³-hybridized carbons (Fsp3) is 0.556. The minimum absolute atomic E-state index is 0.0282. The molecule has 23 heavy (non-hydrogen) atoms. The van der Waals surface area contributed by atoms with Gasteiger partial charge in [0.1, 0.15) is 4.90 Å². The molecule has 2 atom stereocenters. The van der Waals surface area contributed by atoms with Gasteiger partial charge in [-0.2, -0.15) is 8.42 Å². The van der Waals surface area contributed by atoms with E-state index in [-0.39, 0.29) is 4.90 Å². The van der Waals surface area contributed by atoms with Gasteiger partial charge in [0.05, 0.1) is 0 Å². The third-order valence-corrected chi connectivity index (χ3v) is 5.89. The summed E-state index contributed by atoms with van der Waals surface area (Å²) in [6, 6.07) is 4.02. The van der Waals surface area contributed by atoms with Crippen LogP contribution in [0.4, 0.5) is 5.69 Å². The normalized spacial score (nSPS) is 24.7. The molecule has 2 aliphatic carbocycles. The summed E-state index contributed by atoms with van der Waals surface area (Å²) in [5.74, 6) is 0.700. The number of aryl methyl sites for hydroxylation is 1. The van der Waals surface area contributed by atoms with Gasteiger partial charge in [-0.15, -0.1) is 0 Å². The van der Waals surface area contributed by atoms with Crippen LogP contribution < -0.4 is 5.32 Å². The van der Waals surface area contributed by atoms with Gasteiger partial charge in [0.15, 0.2) is 0 Å². The molecular weight excluding hydrogens is 310 g/mol. The molecule has 1 saturated carbocycles. The first-order chi connectivity index (χ1) is 10.8. The van der Waals surface area contributed by atoms with E-state index in [9.17, 15) is 13.0 Å². The molecule has 2 N–H and O–H groups in total. The van der Waals surface area contributed by atoms with Gasteiger partial charge in [0, 0.05) is 11.7 Å². The van der Waals surface area contributed by atoms with E-state index in [1.54, 1.807) is 6.07 Å². The Morgan fingerprint density at radius 3 is 2.70 bits per heavy atom. The predicted octanol–water partition coefficient (Wildman–Crippen LogP) is 4.27. The van der Waals surface area contributed by atoms with Gasteiger partial charge < -0.3 is 5.32 Å². The van der Waals surface area contributed by atoms with Crippen molar-refractivity contribution < 1.29 is 13.0 Å². The average Bonchev–Trinajstić information content (AvgIpc) is 2.46. The van der Waals surface area contributed by atoms with E-state index in [1.165, 1.54) is 12.8 Å². The second-order valence-electron chi connectivity index (χ2n) is 7.13. The maximum Gasteiger partial charge on any atom is 0.295 e. The molecule has 1 fully saturated rings. The van der Waals surface area contributed by atoms with Crippen molar-refractivity contribution in [1.29, 1.82) is 0 Å². The highest BCUT2D eigenvalue weighted by Gasteiger charge is 2.23. The summed E-state index contributed by atoms with van der Waals surface area (Å²) in [5, 5.41) is 3.49. The molecule has 126 valence electrons. The molecule has 4 nitrogen and oxygen atoms in total. The van der Waals surface area contributed by atoms with Gasteiger partial charge in [-0.05, 0) is 61.8 Å². The molecule has 5 heteroatoms. The van der Waals surface area contributed by atoms with E-state index >= 15 is 0 Å². The van der Waals surface area contributed by atoms with E-state index in [4.69, 9.17) is 0 Å². The number of hydrogen-bond acceptors (Lipinski definition) is 3. The molecule has 2 unspecified atom stereocenters. The Hall–Kier alpha value is -1.33. The lowest BCUT2D eigenvalue weighted by atomic mass is 9.86. The molecule has 2 aliphatic rings. The zero-order valence-electron chi connectivity index (χ0n) is 13.8. The van der Waals surface area contributed by atoms with Crippen LogP contribution in [0, 0.1) is 5.92 Å². The Morgan fingerprint density at radius 2 is 2.00 bits per heavy atom. The number of fused-ring (bicyclic) bond motifs is 1. The molecule has 0 aliphatic heterocycles. The molecule has 0 aromatic heterocycles. The minimum atomic E-state index is -4.23. The minimum Gasteiger partial charge on any atom is -0.382 e. The average molecular weight is 335 g/mol. The summed E-state index contributed by atoms with van der Waals surface area (Å²) in [6.07, 6.45) is 8.32. The van der Waals surface area contributed by atoms with Gasteiger partial charge in [-0.1, -0.05) is 31.4 Å². The van der Waals surface area contributed by atoms with Crippen LogP contribution in [0.1, 0.15) is 57.1 Å². The van der Waals surface area contributed by atoms with Gasteiger partial charge in [-0.3, -0.25) is 4.55 Å². The Bertz CT molecular complexity index is 737. The first kappa shape index (κ1) is 16.5. The molecular formula is C18H25NO3S. The predicted molar refractivity (Wildman–Crippen MR) is 93.3 cm³/mol. The van der Waals surface area contributed by atoms with Crippen molar-refractivity contribution >= 4 is 21.9 Å². The summed E-state index contributed by atoms with van der Waals surface area (Å²) in [4.78, 5) is 0.0282. The van der Waals surface area contributed by atoms with E-state index in [0.717, 1.165) is 42.5 Å². The molecule has 0 saturated heterocycles. The Morgan fingerprint density at radius 1 is 1.22 bits per heavy atom. The van der Waals surface area contributed by atoms with E-state index in [1.807, 2.05) is 19.1 Å². The lowest BCUT2D eigenvalue weighted by Crippen LogP contribution is -2.26. The summed E-state index contributed by atoms with van der Waals surface area (Å²) in [6.45, 7) is 4.25. The van der Waals surface area contributed by atoms with Crippen LogP contribution in [0.5, 0.6) is 0 Å². The van der Waals surface area contributed by atoms with Crippen molar-refractivity contribution in [1.82, 2.24) is 0 Å². The van der Waals surface area contributed by atoms with Crippen LogP contribution in [0.15, 0.2) is 22.6 Å². The van der Waals surface area contributed by atoms with E-state index < -0.39 is 10.1 Å². The first-order valence-electron chi connectivity index (χ1n) is 8.41. The summed E-state index contributed by atoms with van der Waals surface area (Å²) < 4.78 is 33.2. The molecule has 0 bridgehead atoms. The maximum atomic E-state index is 11.8. The zero-order chi connectivity index (χ0) is 16.6. The fourth-order valence-corrected chi connectivity index (χ4v) is 4.55. The van der Waals surface area contributed by atoms with Crippen molar-refractivity contribution in [2.45, 2.75) is 63.3 Å². The molecule has 3 rings (SSSR count). The highest BCUT2D eigenvalue weighted by Crippen LogP contribution is 2.34. The van der Waals surface area contributed by atoms with Gasteiger partial charge in [0.25, 0.3) is 10.1 Å². The van der Waals surface area contributed by atoms with Gasteiger partial charge >= 0.3 is 0 Å². The maximum absolute atomic E-state index is 11.8. The van der Waals surface area contributed by atoms with Crippen molar-refractivity contribution in [3.8, 4) is 0 Å². The molecule has 0 spiro atoms. The second-order valence-corrected chi connectivity index (χ2v) is 8.52. The highest BCUT2D eigenvalue weighted by atomic mass is 32.2. The van der Waals surface area contributed by atoms with Gasteiger partial charge in [-0.25, -0.2) is 0 Å². The number of rotatable bonds is 3. The number of nitrogens with one attached hydrogen (secondary N) is 1. The number of allylic oxidation sites excluding steroid dienone is 1. The van der Waals surface area contributed by atoms with Crippen LogP contribution >= 0.6 is 0 Å². The standard InChI is InChI=1S/C18H25NO3S/c1-12-4-3-5-15(8-12)19-16-10-14-7-6-13(2)9-17(14)18(11-16)23(20,21)22/h9-12,15,19H,3-8H2,1-2H3,(H,20,21,22). The topological polar surface area (TPSA) is 66.4 Å². The van der Waals surface area contributed by atoms with Crippen LogP contribution in [0.2, 0.25) is 0 Å². The van der Waals surface area contributed by atoms with Crippen molar-refractivity contribution in [3.63, 3.8) is 0 Å². The van der Waals surface area contributed by atoms with Crippen LogP contribution in [0.25, 0.3) is 6.08 Å². The summed E-state index contributed by atoms with van der Waals surface area (Å²) in [7, 11) is -4.23. The highest BCUT2D eigenvalue weighted by molar-refractivity contribution is 7.86. The van der Waals surface area contributed by atoms with E-state index in [0.29, 0.717) is 17.5 Å². The van der Waals surface area contributed by atoms with Crippen LogP contribution in [-0.2, 0) is 16.5 Å². The molecule has 0 amide bonds. The third-order valence-electron chi connectivity index (χ3n) is 4.99. The van der Waals surface area contributed by atoms with Crippen LogP contribution in [0.3, 0.4) is 0 Å². The lowest BCUT2D eigenvalue weighted by molar-refractivity contribution is 0.358.